The fourth-order valence-corrected chi connectivity index (χ4v) is 3.62. The van der Waals surface area contributed by atoms with E-state index in [0.29, 0.717) is 15.6 Å². The Bertz CT molecular complexity index is 1380. The zero-order valence-electron chi connectivity index (χ0n) is 14.9. The predicted molar refractivity (Wildman–Crippen MR) is 108 cm³/mol. The third-order valence-electron chi connectivity index (χ3n) is 4.05. The molecule has 2 heterocycles. The highest BCUT2D eigenvalue weighted by Gasteiger charge is 2.18. The Morgan fingerprint density at radius 2 is 1.97 bits per heavy atom. The average molecular weight is 425 g/mol. The fourth-order valence-electron chi connectivity index (χ4n) is 2.71. The minimum atomic E-state index is -0.877. The van der Waals surface area contributed by atoms with Gasteiger partial charge in [0, 0.05) is 17.5 Å². The van der Waals surface area contributed by atoms with Gasteiger partial charge in [-0.2, -0.15) is 5.10 Å². The highest BCUT2D eigenvalue weighted by Crippen LogP contribution is 2.29. The predicted octanol–water partition coefficient (Wildman–Crippen LogP) is 2.24. The van der Waals surface area contributed by atoms with Gasteiger partial charge in [0.1, 0.15) is 0 Å². The van der Waals surface area contributed by atoms with Gasteiger partial charge in [-0.05, 0) is 12.1 Å². The van der Waals surface area contributed by atoms with Crippen molar-refractivity contribution in [3.63, 3.8) is 0 Å². The Labute approximate surface area is 170 Å². The summed E-state index contributed by atoms with van der Waals surface area (Å²) in [6.45, 7) is -0.607. The van der Waals surface area contributed by atoms with Gasteiger partial charge < -0.3 is 4.74 Å². The molecule has 4 rings (SSSR count). The van der Waals surface area contributed by atoms with Crippen molar-refractivity contribution in [3.8, 4) is 0 Å². The van der Waals surface area contributed by atoms with Crippen molar-refractivity contribution in [2.75, 3.05) is 11.9 Å². The summed E-state index contributed by atoms with van der Waals surface area (Å²) in [5.74, 6) is -1.52. The van der Waals surface area contributed by atoms with Gasteiger partial charge in [-0.3, -0.25) is 25.0 Å². The quantitative estimate of drug-likeness (QED) is 0.280. The molecule has 30 heavy (non-hydrogen) atoms. The lowest BCUT2D eigenvalue weighted by molar-refractivity contribution is -0.384. The zero-order chi connectivity index (χ0) is 21.3. The summed E-state index contributed by atoms with van der Waals surface area (Å²) < 4.78 is 5.51. The first kappa shape index (κ1) is 19.1. The first-order chi connectivity index (χ1) is 14.4. The third kappa shape index (κ3) is 3.71. The van der Waals surface area contributed by atoms with Crippen LogP contribution in [0.15, 0.2) is 47.3 Å². The monoisotopic (exact) mass is 425 g/mol. The molecule has 11 nitrogen and oxygen atoms in total. The number of ether oxygens (including phenoxy) is 1. The number of nitro benzene ring substituents is 1. The second-order valence-corrected chi connectivity index (χ2v) is 7.03. The standard InChI is InChI=1S/C18H11N5O6S/c24-14(20-18-19-12-6-5-9(23(27)28)7-13(12)30-18)8-29-17(26)15-10-3-1-2-4-11(10)16(25)22-21-15/h1-7H,8H2,(H,22,25)(H,19,20,24). The Balaban J connectivity index is 1.45. The van der Waals surface area contributed by atoms with Gasteiger partial charge in [-0.15, -0.1) is 0 Å². The number of nitrogens with one attached hydrogen (secondary N) is 2. The molecule has 0 aliphatic carbocycles. The Kier molecular flexibility index (Phi) is 4.90. The van der Waals surface area contributed by atoms with Crippen LogP contribution in [0.2, 0.25) is 0 Å². The summed E-state index contributed by atoms with van der Waals surface area (Å²) in [5, 5.41) is 20.0. The Hall–Kier alpha value is -4.19. The van der Waals surface area contributed by atoms with E-state index >= 15 is 0 Å². The van der Waals surface area contributed by atoms with Crippen LogP contribution in [0.25, 0.3) is 21.0 Å². The van der Waals surface area contributed by atoms with Crippen LogP contribution in [0.4, 0.5) is 10.8 Å². The van der Waals surface area contributed by atoms with Crippen molar-refractivity contribution >= 4 is 55.0 Å². The molecule has 0 aliphatic heterocycles. The van der Waals surface area contributed by atoms with Crippen LogP contribution in [-0.2, 0) is 9.53 Å². The van der Waals surface area contributed by atoms with E-state index in [4.69, 9.17) is 4.74 Å². The van der Waals surface area contributed by atoms with Crippen molar-refractivity contribution in [3.05, 3.63) is 68.6 Å². The number of aromatic amines is 1. The maximum atomic E-state index is 12.3. The number of H-pyrrole nitrogens is 1. The number of esters is 1. The summed E-state index contributed by atoms with van der Waals surface area (Å²) in [5.41, 5.74) is -0.165. The molecule has 0 spiro atoms. The number of hydrogen-bond acceptors (Lipinski definition) is 9. The summed E-state index contributed by atoms with van der Waals surface area (Å²) in [6.07, 6.45) is 0. The molecule has 2 N–H and O–H groups in total. The number of carbonyl (C=O) groups excluding carboxylic acids is 2. The molecule has 0 fully saturated rings. The maximum Gasteiger partial charge on any atom is 0.359 e. The number of amides is 1. The molecule has 12 heteroatoms. The largest absolute Gasteiger partial charge is 0.451 e. The first-order valence-electron chi connectivity index (χ1n) is 8.42. The van der Waals surface area contributed by atoms with Gasteiger partial charge in [-0.25, -0.2) is 14.9 Å². The lowest BCUT2D eigenvalue weighted by Gasteiger charge is -2.06. The van der Waals surface area contributed by atoms with Crippen molar-refractivity contribution in [2.45, 2.75) is 0 Å². The number of fused-ring (bicyclic) bond motifs is 2. The van der Waals surface area contributed by atoms with Crippen LogP contribution in [0.1, 0.15) is 10.5 Å². The molecule has 150 valence electrons. The highest BCUT2D eigenvalue weighted by molar-refractivity contribution is 7.22. The fraction of sp³-hybridized carbons (Fsp3) is 0.0556. The minimum absolute atomic E-state index is 0.0846. The lowest BCUT2D eigenvalue weighted by Crippen LogP contribution is -2.22. The van der Waals surface area contributed by atoms with Gasteiger partial charge in [-0.1, -0.05) is 29.5 Å². The van der Waals surface area contributed by atoms with Crippen molar-refractivity contribution in [2.24, 2.45) is 0 Å². The molecule has 1 amide bonds. The van der Waals surface area contributed by atoms with Gasteiger partial charge in [0.2, 0.25) is 0 Å². The van der Waals surface area contributed by atoms with Gasteiger partial charge in [0.15, 0.2) is 17.4 Å². The van der Waals surface area contributed by atoms with Gasteiger partial charge in [0.25, 0.3) is 17.2 Å². The second-order valence-electron chi connectivity index (χ2n) is 6.00. The van der Waals surface area contributed by atoms with E-state index in [1.54, 1.807) is 18.2 Å². The maximum absolute atomic E-state index is 12.3. The summed E-state index contributed by atoms with van der Waals surface area (Å²) in [7, 11) is 0. The molecule has 0 bridgehead atoms. The number of aromatic nitrogens is 3. The number of anilines is 1. The molecule has 0 radical (unpaired) electrons. The van der Waals surface area contributed by atoms with E-state index in [2.05, 4.69) is 20.5 Å². The van der Waals surface area contributed by atoms with Crippen molar-refractivity contribution < 1.29 is 19.2 Å². The van der Waals surface area contributed by atoms with Gasteiger partial charge >= 0.3 is 5.97 Å². The summed E-state index contributed by atoms with van der Waals surface area (Å²) in [6, 6.07) is 10.5. The van der Waals surface area contributed by atoms with Crippen LogP contribution < -0.4 is 10.9 Å². The number of nitro groups is 1. The molecule has 0 saturated carbocycles. The number of carbonyl (C=O) groups is 2. The van der Waals surface area contributed by atoms with E-state index in [9.17, 15) is 24.5 Å². The average Bonchev–Trinajstić information content (AvgIpc) is 3.13. The molecule has 0 unspecified atom stereocenters. The second kappa shape index (κ2) is 7.67. The topological polar surface area (TPSA) is 157 Å². The lowest BCUT2D eigenvalue weighted by atomic mass is 10.1. The van der Waals surface area contributed by atoms with E-state index in [1.165, 1.54) is 24.3 Å². The van der Waals surface area contributed by atoms with Crippen molar-refractivity contribution in [1.82, 2.24) is 15.2 Å². The number of thiazole rings is 1. The van der Waals surface area contributed by atoms with Crippen LogP contribution in [-0.4, -0.2) is 38.6 Å². The number of nitrogens with zero attached hydrogens (tertiary/aromatic N) is 3. The van der Waals surface area contributed by atoms with Crippen LogP contribution >= 0.6 is 11.3 Å². The molecule has 4 aromatic rings. The first-order valence-corrected chi connectivity index (χ1v) is 9.23. The van der Waals surface area contributed by atoms with Crippen molar-refractivity contribution in [1.29, 1.82) is 0 Å². The van der Waals surface area contributed by atoms with E-state index < -0.39 is 29.0 Å². The number of hydrogen-bond donors (Lipinski definition) is 2. The van der Waals surface area contributed by atoms with E-state index in [-0.39, 0.29) is 21.9 Å². The third-order valence-corrected chi connectivity index (χ3v) is 4.99. The highest BCUT2D eigenvalue weighted by atomic mass is 32.1. The molecule has 0 atom stereocenters. The minimum Gasteiger partial charge on any atom is -0.451 e. The molecular weight excluding hydrogens is 414 g/mol. The van der Waals surface area contributed by atoms with E-state index in [0.717, 1.165) is 11.3 Å². The SMILES string of the molecule is O=C(COC(=O)c1n[nH]c(=O)c2ccccc12)Nc1nc2ccc([N+](=O)[O-])cc2s1. The summed E-state index contributed by atoms with van der Waals surface area (Å²) >= 11 is 1.05. The molecule has 2 aromatic carbocycles. The molecule has 2 aromatic heterocycles. The zero-order valence-corrected chi connectivity index (χ0v) is 15.8. The van der Waals surface area contributed by atoms with Crippen LogP contribution in [0.5, 0.6) is 0 Å². The van der Waals surface area contributed by atoms with Crippen LogP contribution in [0, 0.1) is 10.1 Å². The smallest absolute Gasteiger partial charge is 0.359 e. The molecule has 0 aliphatic rings. The normalized spacial score (nSPS) is 10.8. The number of benzene rings is 2. The Morgan fingerprint density at radius 1 is 1.20 bits per heavy atom. The number of rotatable bonds is 5. The molecule has 0 saturated heterocycles. The Morgan fingerprint density at radius 3 is 2.73 bits per heavy atom. The summed E-state index contributed by atoms with van der Waals surface area (Å²) in [4.78, 5) is 50.7. The molecular formula is C18H11N5O6S. The van der Waals surface area contributed by atoms with Gasteiger partial charge in [0.05, 0.1) is 20.5 Å². The number of non-ortho nitro benzene ring substituents is 1. The van der Waals surface area contributed by atoms with Crippen LogP contribution in [0.3, 0.4) is 0 Å². The van der Waals surface area contributed by atoms with E-state index in [1.807, 2.05) is 0 Å².